The average Bonchev–Trinajstić information content (AvgIpc) is 2.60. The van der Waals surface area contributed by atoms with Gasteiger partial charge >= 0.3 is 0 Å². The van der Waals surface area contributed by atoms with Gasteiger partial charge in [0.15, 0.2) is 0 Å². The molecule has 0 aromatic rings. The lowest BCUT2D eigenvalue weighted by molar-refractivity contribution is -0.119. The second kappa shape index (κ2) is 6.24. The predicted molar refractivity (Wildman–Crippen MR) is 67.0 cm³/mol. The molecule has 2 atom stereocenters. The van der Waals surface area contributed by atoms with Gasteiger partial charge in [-0.2, -0.15) is 0 Å². The predicted octanol–water partition coefficient (Wildman–Crippen LogP) is 1.87. The number of hydrogen-bond acceptors (Lipinski definition) is 2. The first-order valence-corrected chi connectivity index (χ1v) is 6.49. The van der Waals surface area contributed by atoms with Crippen LogP contribution in [0.1, 0.15) is 40.0 Å². The quantitative estimate of drug-likeness (QED) is 0.781. The second-order valence-electron chi connectivity index (χ2n) is 5.84. The van der Waals surface area contributed by atoms with Gasteiger partial charge in [0.05, 0.1) is 6.54 Å². The first-order valence-electron chi connectivity index (χ1n) is 6.49. The third-order valence-corrected chi connectivity index (χ3v) is 3.18. The maximum atomic E-state index is 10.7. The summed E-state index contributed by atoms with van der Waals surface area (Å²) in [7, 11) is 0. The van der Waals surface area contributed by atoms with Crippen LogP contribution in [0.5, 0.6) is 0 Å². The summed E-state index contributed by atoms with van der Waals surface area (Å²) in [6.07, 6.45) is 4.11. The largest absolute Gasteiger partial charge is 0.369 e. The number of nitrogens with zero attached hydrogens (tertiary/aromatic N) is 1. The van der Waals surface area contributed by atoms with Gasteiger partial charge in [-0.1, -0.05) is 27.2 Å². The molecule has 1 saturated carbocycles. The van der Waals surface area contributed by atoms with Crippen LogP contribution < -0.4 is 5.73 Å². The molecule has 3 heteroatoms. The third-order valence-electron chi connectivity index (χ3n) is 3.18. The number of likely N-dealkylation sites (tertiary alicyclic amines) is 1. The van der Waals surface area contributed by atoms with Gasteiger partial charge in [-0.25, -0.2) is 0 Å². The Balaban J connectivity index is 0.000000280. The topological polar surface area (TPSA) is 46.3 Å². The smallest absolute Gasteiger partial charge is 0.231 e. The van der Waals surface area contributed by atoms with Gasteiger partial charge in [-0.3, -0.25) is 9.69 Å². The van der Waals surface area contributed by atoms with Crippen LogP contribution in [0.2, 0.25) is 0 Å². The molecule has 1 heterocycles. The van der Waals surface area contributed by atoms with Gasteiger partial charge < -0.3 is 5.73 Å². The van der Waals surface area contributed by atoms with E-state index in [0.29, 0.717) is 6.54 Å². The van der Waals surface area contributed by atoms with E-state index in [2.05, 4.69) is 25.7 Å². The number of amides is 1. The van der Waals surface area contributed by atoms with E-state index in [1.54, 1.807) is 0 Å². The van der Waals surface area contributed by atoms with E-state index in [4.69, 9.17) is 5.73 Å². The molecule has 2 rings (SSSR count). The van der Waals surface area contributed by atoms with Gasteiger partial charge in [0.1, 0.15) is 0 Å². The number of nitrogens with two attached hydrogens (primary N) is 1. The number of carbonyl (C=O) groups is 1. The average molecular weight is 226 g/mol. The second-order valence-corrected chi connectivity index (χ2v) is 5.84. The molecule has 0 aromatic heterocycles. The van der Waals surface area contributed by atoms with E-state index in [1.165, 1.54) is 19.3 Å². The van der Waals surface area contributed by atoms with Crippen molar-refractivity contribution in [3.05, 3.63) is 0 Å². The zero-order chi connectivity index (χ0) is 12.1. The maximum Gasteiger partial charge on any atom is 0.231 e. The Morgan fingerprint density at radius 3 is 2.06 bits per heavy atom. The summed E-state index contributed by atoms with van der Waals surface area (Å²) >= 11 is 0. The molecule has 0 aromatic carbocycles. The Morgan fingerprint density at radius 1 is 1.25 bits per heavy atom. The van der Waals surface area contributed by atoms with Crippen molar-refractivity contribution in [1.29, 1.82) is 0 Å². The van der Waals surface area contributed by atoms with E-state index < -0.39 is 0 Å². The van der Waals surface area contributed by atoms with E-state index in [9.17, 15) is 4.79 Å². The molecule has 2 N–H and O–H groups in total. The molecule has 0 spiro atoms. The normalized spacial score (nSPS) is 28.8. The highest BCUT2D eigenvalue weighted by molar-refractivity contribution is 5.75. The molecule has 1 amide bonds. The van der Waals surface area contributed by atoms with Crippen LogP contribution >= 0.6 is 0 Å². The van der Waals surface area contributed by atoms with Crippen molar-refractivity contribution in [2.75, 3.05) is 19.6 Å². The Kier molecular flexibility index (Phi) is 5.26. The first kappa shape index (κ1) is 13.5. The van der Waals surface area contributed by atoms with Crippen molar-refractivity contribution >= 4 is 5.91 Å². The van der Waals surface area contributed by atoms with E-state index >= 15 is 0 Å². The van der Waals surface area contributed by atoms with E-state index in [-0.39, 0.29) is 5.91 Å². The minimum atomic E-state index is -0.185. The summed E-state index contributed by atoms with van der Waals surface area (Å²) in [5.74, 6) is 2.38. The highest BCUT2D eigenvalue weighted by atomic mass is 16.1. The molecular weight excluding hydrogens is 200 g/mol. The number of rotatable bonds is 2. The molecule has 2 unspecified atom stereocenters. The molecule has 1 aliphatic heterocycles. The summed E-state index contributed by atoms with van der Waals surface area (Å²) in [6.45, 7) is 9.17. The van der Waals surface area contributed by atoms with Gasteiger partial charge in [-0.05, 0) is 30.6 Å². The minimum absolute atomic E-state index is 0.185. The van der Waals surface area contributed by atoms with Gasteiger partial charge in [0.2, 0.25) is 5.91 Å². The van der Waals surface area contributed by atoms with Crippen molar-refractivity contribution in [2.45, 2.75) is 40.0 Å². The summed E-state index contributed by atoms with van der Waals surface area (Å²) < 4.78 is 0. The monoisotopic (exact) mass is 226 g/mol. The number of hydrogen-bond donors (Lipinski definition) is 1. The van der Waals surface area contributed by atoms with E-state index in [1.807, 2.05) is 0 Å². The van der Waals surface area contributed by atoms with Crippen LogP contribution in [0.25, 0.3) is 0 Å². The summed E-state index contributed by atoms with van der Waals surface area (Å²) in [5.41, 5.74) is 5.14. The van der Waals surface area contributed by atoms with E-state index in [0.717, 1.165) is 30.8 Å². The number of primary amides is 1. The van der Waals surface area contributed by atoms with Crippen molar-refractivity contribution in [1.82, 2.24) is 4.90 Å². The van der Waals surface area contributed by atoms with Crippen LogP contribution in [0.3, 0.4) is 0 Å². The molecule has 3 nitrogen and oxygen atoms in total. The van der Waals surface area contributed by atoms with Crippen LogP contribution in [0, 0.1) is 17.8 Å². The highest BCUT2D eigenvalue weighted by Gasteiger charge is 2.36. The third kappa shape index (κ3) is 4.52. The fourth-order valence-electron chi connectivity index (χ4n) is 2.68. The van der Waals surface area contributed by atoms with Crippen molar-refractivity contribution < 1.29 is 4.79 Å². The Bertz CT molecular complexity index is 213. The fourth-order valence-corrected chi connectivity index (χ4v) is 2.68. The lowest BCUT2D eigenvalue weighted by atomic mass is 10.0. The Hall–Kier alpha value is -0.570. The van der Waals surface area contributed by atoms with Crippen molar-refractivity contribution in [3.63, 3.8) is 0 Å². The van der Waals surface area contributed by atoms with Crippen LogP contribution in [0.4, 0.5) is 0 Å². The van der Waals surface area contributed by atoms with Gasteiger partial charge in [0.25, 0.3) is 0 Å². The SMILES string of the molecule is CC(C)C.NC(=O)CN1CC2CCCC2C1. The first-order chi connectivity index (χ1) is 7.49. The lowest BCUT2D eigenvalue weighted by Crippen LogP contribution is -2.32. The number of carbonyl (C=O) groups excluding carboxylic acids is 1. The molecule has 94 valence electrons. The fraction of sp³-hybridized carbons (Fsp3) is 0.923. The highest BCUT2D eigenvalue weighted by Crippen LogP contribution is 2.37. The summed E-state index contributed by atoms with van der Waals surface area (Å²) in [5, 5.41) is 0. The molecular formula is C13H26N2O. The Labute approximate surface area is 99.4 Å². The molecule has 1 saturated heterocycles. The Morgan fingerprint density at radius 2 is 1.69 bits per heavy atom. The van der Waals surface area contributed by atoms with Crippen LogP contribution in [0.15, 0.2) is 0 Å². The zero-order valence-electron chi connectivity index (χ0n) is 10.9. The molecule has 1 aliphatic carbocycles. The number of fused-ring (bicyclic) bond motifs is 1. The standard InChI is InChI=1S/C9H16N2O.C4H10/c10-9(12)6-11-4-7-2-1-3-8(7)5-11;1-4(2)3/h7-8H,1-6H2,(H2,10,12);4H,1-3H3. The van der Waals surface area contributed by atoms with Crippen LogP contribution in [-0.2, 0) is 4.79 Å². The van der Waals surface area contributed by atoms with Gasteiger partial charge in [-0.15, -0.1) is 0 Å². The summed E-state index contributed by atoms with van der Waals surface area (Å²) in [6, 6.07) is 0. The molecule has 0 bridgehead atoms. The lowest BCUT2D eigenvalue weighted by Gasteiger charge is -2.13. The summed E-state index contributed by atoms with van der Waals surface area (Å²) in [4.78, 5) is 12.9. The minimum Gasteiger partial charge on any atom is -0.369 e. The molecule has 0 radical (unpaired) electrons. The van der Waals surface area contributed by atoms with Crippen molar-refractivity contribution in [2.24, 2.45) is 23.5 Å². The molecule has 2 aliphatic rings. The molecule has 2 fully saturated rings. The van der Waals surface area contributed by atoms with Gasteiger partial charge in [0, 0.05) is 13.1 Å². The molecule has 16 heavy (non-hydrogen) atoms. The maximum absolute atomic E-state index is 10.7. The van der Waals surface area contributed by atoms with Crippen molar-refractivity contribution in [3.8, 4) is 0 Å². The zero-order valence-corrected chi connectivity index (χ0v) is 10.9. The van der Waals surface area contributed by atoms with Crippen LogP contribution in [-0.4, -0.2) is 30.4 Å².